The second-order valence-corrected chi connectivity index (χ2v) is 5.38. The van der Waals surface area contributed by atoms with E-state index in [4.69, 9.17) is 21.7 Å². The lowest BCUT2D eigenvalue weighted by molar-refractivity contribution is 0.0601. The molecule has 7 heteroatoms. The summed E-state index contributed by atoms with van der Waals surface area (Å²) in [6.07, 6.45) is 0. The van der Waals surface area contributed by atoms with Crippen molar-refractivity contribution in [2.45, 2.75) is 0 Å². The van der Waals surface area contributed by atoms with E-state index in [0.29, 0.717) is 27.9 Å². The number of carbonyl (C=O) groups excluding carboxylic acids is 1. The highest BCUT2D eigenvalue weighted by molar-refractivity contribution is 7.71. The van der Waals surface area contributed by atoms with E-state index in [1.54, 1.807) is 36.4 Å². The van der Waals surface area contributed by atoms with Crippen molar-refractivity contribution in [2.24, 2.45) is 0 Å². The highest BCUT2D eigenvalue weighted by atomic mass is 32.1. The van der Waals surface area contributed by atoms with Gasteiger partial charge >= 0.3 is 5.97 Å². The van der Waals surface area contributed by atoms with Crippen molar-refractivity contribution >= 4 is 29.1 Å². The van der Waals surface area contributed by atoms with Gasteiger partial charge in [-0.1, -0.05) is 12.1 Å². The molecule has 1 heterocycles. The normalized spacial score (nSPS) is 10.6. The van der Waals surface area contributed by atoms with Crippen LogP contribution in [0.15, 0.2) is 47.3 Å². The molecule has 0 radical (unpaired) electrons. The Hall–Kier alpha value is -2.93. The molecule has 0 amide bonds. The molecule has 3 rings (SSSR count). The van der Waals surface area contributed by atoms with Crippen LogP contribution in [-0.2, 0) is 4.74 Å². The molecular formula is C17H14N2O4S. The summed E-state index contributed by atoms with van der Waals surface area (Å²) in [5, 5.41) is 0.405. The van der Waals surface area contributed by atoms with Crippen LogP contribution in [0.5, 0.6) is 5.75 Å². The second kappa shape index (κ2) is 6.29. The summed E-state index contributed by atoms with van der Waals surface area (Å²) in [4.78, 5) is 27.5. The van der Waals surface area contributed by atoms with Gasteiger partial charge in [-0.25, -0.2) is 9.36 Å². The van der Waals surface area contributed by atoms with Crippen molar-refractivity contribution in [3.8, 4) is 11.4 Å². The molecule has 0 saturated heterocycles. The number of carbonyl (C=O) groups is 1. The zero-order valence-electron chi connectivity index (χ0n) is 13.0. The zero-order valence-corrected chi connectivity index (χ0v) is 13.8. The molecular weight excluding hydrogens is 328 g/mol. The van der Waals surface area contributed by atoms with E-state index in [2.05, 4.69) is 4.98 Å². The minimum Gasteiger partial charge on any atom is -0.495 e. The zero-order chi connectivity index (χ0) is 17.3. The number of fused-ring (bicyclic) bond motifs is 1. The van der Waals surface area contributed by atoms with Crippen molar-refractivity contribution in [2.75, 3.05) is 14.2 Å². The maximum atomic E-state index is 12.9. The monoisotopic (exact) mass is 342 g/mol. The number of hydrogen-bond donors (Lipinski definition) is 1. The van der Waals surface area contributed by atoms with Gasteiger partial charge in [-0.3, -0.25) is 4.79 Å². The molecule has 0 fully saturated rings. The van der Waals surface area contributed by atoms with Gasteiger partial charge in [0.25, 0.3) is 5.56 Å². The van der Waals surface area contributed by atoms with E-state index < -0.39 is 5.97 Å². The number of esters is 1. The number of benzene rings is 2. The van der Waals surface area contributed by atoms with Crippen LogP contribution < -0.4 is 10.3 Å². The number of hydrogen-bond acceptors (Lipinski definition) is 5. The van der Waals surface area contributed by atoms with E-state index in [9.17, 15) is 9.59 Å². The number of aromatic nitrogens is 2. The summed E-state index contributed by atoms with van der Waals surface area (Å²) in [5.74, 6) is 0.0507. The standard InChI is InChI=1S/C17H14N2O4S/c1-22-14-6-4-3-5-13(14)19-15(20)11-8-7-10(16(21)23-2)9-12(11)18-17(19)24/h3-9H,1-2H3,(H,18,24). The molecule has 0 unspecified atom stereocenters. The van der Waals surface area contributed by atoms with E-state index in [-0.39, 0.29) is 10.3 Å². The van der Waals surface area contributed by atoms with Gasteiger partial charge in [0.05, 0.1) is 36.4 Å². The number of nitrogens with zero attached hydrogens (tertiary/aromatic N) is 1. The summed E-state index contributed by atoms with van der Waals surface area (Å²) in [6, 6.07) is 11.8. The van der Waals surface area contributed by atoms with E-state index >= 15 is 0 Å². The lowest BCUT2D eigenvalue weighted by atomic mass is 10.1. The first-order valence-corrected chi connectivity index (χ1v) is 7.48. The van der Waals surface area contributed by atoms with Gasteiger partial charge in [-0.15, -0.1) is 0 Å². The summed E-state index contributed by atoms with van der Waals surface area (Å²) >= 11 is 5.33. The van der Waals surface area contributed by atoms with Gasteiger partial charge in [0, 0.05) is 0 Å². The fourth-order valence-corrected chi connectivity index (χ4v) is 2.79. The molecule has 0 aliphatic carbocycles. The molecule has 2 aromatic carbocycles. The van der Waals surface area contributed by atoms with Crippen molar-refractivity contribution < 1.29 is 14.3 Å². The summed E-state index contributed by atoms with van der Waals surface area (Å²) in [7, 11) is 2.83. The SMILES string of the molecule is COC(=O)c1ccc2c(=O)n(-c3ccccc3OC)c(=S)[nH]c2c1. The van der Waals surface area contributed by atoms with Crippen LogP contribution in [0.2, 0.25) is 0 Å². The van der Waals surface area contributed by atoms with Crippen molar-refractivity contribution in [3.05, 3.63) is 63.2 Å². The fourth-order valence-electron chi connectivity index (χ4n) is 2.50. The number of methoxy groups -OCH3 is 2. The largest absolute Gasteiger partial charge is 0.495 e. The molecule has 0 spiro atoms. The molecule has 24 heavy (non-hydrogen) atoms. The van der Waals surface area contributed by atoms with Crippen LogP contribution in [-0.4, -0.2) is 29.7 Å². The van der Waals surface area contributed by atoms with E-state index in [1.165, 1.54) is 18.8 Å². The molecule has 1 aromatic heterocycles. The minimum atomic E-state index is -0.481. The van der Waals surface area contributed by atoms with Crippen molar-refractivity contribution in [1.29, 1.82) is 0 Å². The van der Waals surface area contributed by atoms with Gasteiger partial charge in [-0.05, 0) is 42.5 Å². The Morgan fingerprint density at radius 1 is 1.17 bits per heavy atom. The molecule has 0 atom stereocenters. The first-order valence-electron chi connectivity index (χ1n) is 7.07. The third-order valence-corrected chi connectivity index (χ3v) is 3.93. The molecule has 0 aliphatic heterocycles. The number of para-hydroxylation sites is 2. The van der Waals surface area contributed by atoms with Gasteiger partial charge < -0.3 is 14.5 Å². The molecule has 6 nitrogen and oxygen atoms in total. The van der Waals surface area contributed by atoms with Crippen LogP contribution in [0.4, 0.5) is 0 Å². The maximum Gasteiger partial charge on any atom is 0.337 e. The smallest absolute Gasteiger partial charge is 0.337 e. The molecule has 122 valence electrons. The van der Waals surface area contributed by atoms with Gasteiger partial charge in [0.15, 0.2) is 4.77 Å². The van der Waals surface area contributed by atoms with Gasteiger partial charge in [0.2, 0.25) is 0 Å². The van der Waals surface area contributed by atoms with E-state index in [0.717, 1.165) is 0 Å². The quantitative estimate of drug-likeness (QED) is 0.585. The summed E-state index contributed by atoms with van der Waals surface area (Å²) < 4.78 is 11.6. The molecule has 0 bridgehead atoms. The topological polar surface area (TPSA) is 73.3 Å². The molecule has 0 saturated carbocycles. The first-order chi connectivity index (χ1) is 11.6. The number of nitrogens with one attached hydrogen (secondary N) is 1. The van der Waals surface area contributed by atoms with Crippen LogP contribution in [0, 0.1) is 4.77 Å². The fraction of sp³-hybridized carbons (Fsp3) is 0.118. The summed E-state index contributed by atoms with van der Waals surface area (Å²) in [6.45, 7) is 0. The highest BCUT2D eigenvalue weighted by Crippen LogP contribution is 2.22. The minimum absolute atomic E-state index is 0.207. The van der Waals surface area contributed by atoms with Crippen LogP contribution in [0.25, 0.3) is 16.6 Å². The Kier molecular flexibility index (Phi) is 4.18. The Bertz CT molecular complexity index is 1050. The lowest BCUT2D eigenvalue weighted by Crippen LogP contribution is -2.21. The Morgan fingerprint density at radius 3 is 2.62 bits per heavy atom. The number of aromatic amines is 1. The predicted molar refractivity (Wildman–Crippen MR) is 92.6 cm³/mol. The second-order valence-electron chi connectivity index (χ2n) is 4.99. The molecule has 0 aliphatic rings. The molecule has 1 N–H and O–H groups in total. The Labute approximate surface area is 142 Å². The third kappa shape index (κ3) is 2.59. The van der Waals surface area contributed by atoms with Gasteiger partial charge in [-0.2, -0.15) is 0 Å². The predicted octanol–water partition coefficient (Wildman–Crippen LogP) is 2.84. The van der Waals surface area contributed by atoms with Crippen LogP contribution >= 0.6 is 12.2 Å². The van der Waals surface area contributed by atoms with Crippen LogP contribution in [0.3, 0.4) is 0 Å². The summed E-state index contributed by atoms with van der Waals surface area (Å²) in [5.41, 5.74) is 1.06. The van der Waals surface area contributed by atoms with Crippen molar-refractivity contribution in [1.82, 2.24) is 9.55 Å². The first kappa shape index (κ1) is 15.9. The number of rotatable bonds is 3. The van der Waals surface area contributed by atoms with Gasteiger partial charge in [0.1, 0.15) is 5.75 Å². The Balaban J connectivity index is 2.31. The van der Waals surface area contributed by atoms with Crippen molar-refractivity contribution in [3.63, 3.8) is 0 Å². The van der Waals surface area contributed by atoms with E-state index in [1.807, 2.05) is 6.07 Å². The highest BCUT2D eigenvalue weighted by Gasteiger charge is 2.13. The van der Waals surface area contributed by atoms with Crippen LogP contribution in [0.1, 0.15) is 10.4 Å². The average Bonchev–Trinajstić information content (AvgIpc) is 2.61. The third-order valence-electron chi connectivity index (χ3n) is 3.64. The number of H-pyrrole nitrogens is 1. The average molecular weight is 342 g/mol. The molecule has 3 aromatic rings. The number of ether oxygens (including phenoxy) is 2. The lowest BCUT2D eigenvalue weighted by Gasteiger charge is -2.12. The Morgan fingerprint density at radius 2 is 1.92 bits per heavy atom. The maximum absolute atomic E-state index is 12.9.